The number of methoxy groups -OCH3 is 2. The molecule has 1 aliphatic heterocycles. The number of ether oxygens (including phenoxy) is 2. The van der Waals surface area contributed by atoms with Gasteiger partial charge in [0.1, 0.15) is 17.0 Å². The molecule has 0 amide bonds. The highest BCUT2D eigenvalue weighted by Gasteiger charge is 2.41. The lowest BCUT2D eigenvalue weighted by molar-refractivity contribution is 0.0550. The number of aryl methyl sites for hydroxylation is 1. The Morgan fingerprint density at radius 2 is 1.69 bits per heavy atom. The number of esters is 2. The topological polar surface area (TPSA) is 87.5 Å². The molecule has 0 saturated carbocycles. The molecule has 3 heterocycles. The van der Waals surface area contributed by atoms with E-state index in [9.17, 15) is 14.4 Å². The SMILES string of the molecule is COC(=O)c1c(-c2ccc3ccccc3n2)c2n(c1C(=O)OC)-c1ccc(C)cc1C2=O. The van der Waals surface area contributed by atoms with Crippen molar-refractivity contribution in [3.63, 3.8) is 0 Å². The Kier molecular flexibility index (Phi) is 4.41. The third-order valence-electron chi connectivity index (χ3n) is 5.65. The zero-order chi connectivity index (χ0) is 22.6. The van der Waals surface area contributed by atoms with Crippen molar-refractivity contribution in [3.8, 4) is 16.9 Å². The second-order valence-corrected chi connectivity index (χ2v) is 7.50. The summed E-state index contributed by atoms with van der Waals surface area (Å²) in [6.45, 7) is 1.88. The first-order valence-electron chi connectivity index (χ1n) is 9.93. The number of pyridine rings is 1. The average Bonchev–Trinajstić information content (AvgIpc) is 3.30. The maximum atomic E-state index is 13.5. The normalized spacial score (nSPS) is 11.9. The molecular weight excluding hydrogens is 408 g/mol. The van der Waals surface area contributed by atoms with Gasteiger partial charge in [0, 0.05) is 16.5 Å². The fraction of sp³-hybridized carbons (Fsp3) is 0.120. The van der Waals surface area contributed by atoms with Gasteiger partial charge in [0.05, 0.1) is 31.1 Å². The van der Waals surface area contributed by atoms with Crippen molar-refractivity contribution >= 4 is 28.6 Å². The highest BCUT2D eigenvalue weighted by Crippen LogP contribution is 2.42. The highest BCUT2D eigenvalue weighted by molar-refractivity contribution is 6.22. The van der Waals surface area contributed by atoms with Crippen LogP contribution >= 0.6 is 0 Å². The molecule has 4 aromatic rings. The van der Waals surface area contributed by atoms with Gasteiger partial charge in [-0.25, -0.2) is 14.6 Å². The summed E-state index contributed by atoms with van der Waals surface area (Å²) in [7, 11) is 2.45. The van der Waals surface area contributed by atoms with Crippen molar-refractivity contribution < 1.29 is 23.9 Å². The molecule has 2 aromatic carbocycles. The van der Waals surface area contributed by atoms with E-state index in [-0.39, 0.29) is 28.3 Å². The standard InChI is InChI=1S/C25H18N2O5/c1-13-8-11-18-15(12-13)23(28)21-19(17-10-9-14-6-4-5-7-16(14)26-17)20(24(29)31-2)22(27(18)21)25(30)32-3/h4-12H,1-3H3. The van der Waals surface area contributed by atoms with Gasteiger partial charge in [-0.15, -0.1) is 0 Å². The van der Waals surface area contributed by atoms with E-state index in [0.29, 0.717) is 22.5 Å². The first-order chi connectivity index (χ1) is 15.5. The van der Waals surface area contributed by atoms with Crippen LogP contribution in [0.2, 0.25) is 0 Å². The van der Waals surface area contributed by atoms with Crippen LogP contribution in [0.25, 0.3) is 27.8 Å². The Morgan fingerprint density at radius 3 is 2.44 bits per heavy atom. The molecule has 0 radical (unpaired) electrons. The smallest absolute Gasteiger partial charge is 0.355 e. The molecule has 0 N–H and O–H groups in total. The van der Waals surface area contributed by atoms with Crippen molar-refractivity contribution in [2.45, 2.75) is 6.92 Å². The van der Waals surface area contributed by atoms with Crippen molar-refractivity contribution in [2.24, 2.45) is 0 Å². The number of benzene rings is 2. The summed E-state index contributed by atoms with van der Waals surface area (Å²) in [6.07, 6.45) is 0. The Bertz CT molecular complexity index is 1460. The van der Waals surface area contributed by atoms with Gasteiger partial charge in [0.2, 0.25) is 5.78 Å². The average molecular weight is 426 g/mol. The summed E-state index contributed by atoms with van der Waals surface area (Å²) in [6, 6.07) is 16.5. The van der Waals surface area contributed by atoms with Crippen LogP contribution in [0.3, 0.4) is 0 Å². The molecule has 2 aromatic heterocycles. The van der Waals surface area contributed by atoms with Crippen LogP contribution in [-0.2, 0) is 9.47 Å². The molecule has 0 unspecified atom stereocenters. The summed E-state index contributed by atoms with van der Waals surface area (Å²) in [4.78, 5) is 44.0. The van der Waals surface area contributed by atoms with E-state index in [2.05, 4.69) is 4.98 Å². The van der Waals surface area contributed by atoms with E-state index in [0.717, 1.165) is 10.9 Å². The van der Waals surface area contributed by atoms with Crippen LogP contribution < -0.4 is 0 Å². The molecule has 0 aliphatic carbocycles. The molecule has 7 nitrogen and oxygen atoms in total. The lowest BCUT2D eigenvalue weighted by Crippen LogP contribution is -2.15. The van der Waals surface area contributed by atoms with Crippen LogP contribution in [0, 0.1) is 6.92 Å². The molecule has 0 atom stereocenters. The van der Waals surface area contributed by atoms with Gasteiger partial charge in [-0.3, -0.25) is 9.36 Å². The third-order valence-corrected chi connectivity index (χ3v) is 5.65. The second kappa shape index (κ2) is 7.16. The van der Waals surface area contributed by atoms with Crippen molar-refractivity contribution in [3.05, 3.63) is 82.7 Å². The molecule has 0 saturated heterocycles. The van der Waals surface area contributed by atoms with Crippen molar-refractivity contribution in [2.75, 3.05) is 14.2 Å². The Labute approximate surface area is 183 Å². The van der Waals surface area contributed by atoms with Crippen molar-refractivity contribution in [1.82, 2.24) is 9.55 Å². The number of carbonyl (C=O) groups is 3. The number of ketones is 1. The minimum atomic E-state index is -0.751. The fourth-order valence-corrected chi connectivity index (χ4v) is 4.23. The van der Waals surface area contributed by atoms with Gasteiger partial charge in [0.15, 0.2) is 0 Å². The van der Waals surface area contributed by atoms with E-state index >= 15 is 0 Å². The lowest BCUT2D eigenvalue weighted by atomic mass is 9.98. The summed E-state index contributed by atoms with van der Waals surface area (Å²) in [5.74, 6) is -1.80. The highest BCUT2D eigenvalue weighted by atomic mass is 16.5. The number of nitrogens with zero attached hydrogens (tertiary/aromatic N) is 2. The van der Waals surface area contributed by atoms with E-state index in [4.69, 9.17) is 9.47 Å². The first-order valence-corrected chi connectivity index (χ1v) is 9.93. The number of hydrogen-bond acceptors (Lipinski definition) is 6. The number of rotatable bonds is 3. The third kappa shape index (κ3) is 2.68. The van der Waals surface area contributed by atoms with E-state index in [1.165, 1.54) is 18.8 Å². The van der Waals surface area contributed by atoms with Crippen LogP contribution in [0.4, 0.5) is 0 Å². The number of para-hydroxylation sites is 1. The Balaban J connectivity index is 1.92. The van der Waals surface area contributed by atoms with E-state index < -0.39 is 11.9 Å². The Morgan fingerprint density at radius 1 is 0.938 bits per heavy atom. The quantitative estimate of drug-likeness (QED) is 0.404. The van der Waals surface area contributed by atoms with Crippen molar-refractivity contribution in [1.29, 1.82) is 0 Å². The zero-order valence-electron chi connectivity index (χ0n) is 17.6. The molecule has 0 spiro atoms. The molecule has 0 fully saturated rings. The molecular formula is C25H18N2O5. The van der Waals surface area contributed by atoms with Gasteiger partial charge < -0.3 is 9.47 Å². The van der Waals surface area contributed by atoms with Crippen LogP contribution in [-0.4, -0.2) is 41.5 Å². The second-order valence-electron chi connectivity index (χ2n) is 7.50. The summed E-state index contributed by atoms with van der Waals surface area (Å²) in [5, 5.41) is 0.908. The number of carbonyl (C=O) groups excluding carboxylic acids is 3. The maximum Gasteiger partial charge on any atom is 0.355 e. The maximum absolute atomic E-state index is 13.5. The molecule has 0 bridgehead atoms. The minimum absolute atomic E-state index is 0.0447. The van der Waals surface area contributed by atoms with Crippen LogP contribution in [0.5, 0.6) is 0 Å². The molecule has 1 aliphatic rings. The molecule has 32 heavy (non-hydrogen) atoms. The predicted molar refractivity (Wildman–Crippen MR) is 117 cm³/mol. The number of fused-ring (bicyclic) bond motifs is 4. The van der Waals surface area contributed by atoms with Gasteiger partial charge in [-0.2, -0.15) is 0 Å². The lowest BCUT2D eigenvalue weighted by Gasteiger charge is -2.09. The number of aromatic nitrogens is 2. The predicted octanol–water partition coefficient (Wildman–Crippen LogP) is 4.12. The van der Waals surface area contributed by atoms with Crippen LogP contribution in [0.15, 0.2) is 54.6 Å². The Hall–Kier alpha value is -4.26. The molecule has 7 heteroatoms. The largest absolute Gasteiger partial charge is 0.465 e. The summed E-state index contributed by atoms with van der Waals surface area (Å²) < 4.78 is 11.5. The summed E-state index contributed by atoms with van der Waals surface area (Å²) >= 11 is 0. The van der Waals surface area contributed by atoms with Gasteiger partial charge >= 0.3 is 11.9 Å². The zero-order valence-corrected chi connectivity index (χ0v) is 17.6. The van der Waals surface area contributed by atoms with Gasteiger partial charge in [-0.05, 0) is 31.2 Å². The first kappa shape index (κ1) is 19.7. The molecule has 5 rings (SSSR count). The van der Waals surface area contributed by atoms with Gasteiger partial charge in [0.25, 0.3) is 0 Å². The van der Waals surface area contributed by atoms with Crippen LogP contribution in [0.1, 0.15) is 42.5 Å². The van der Waals surface area contributed by atoms with E-state index in [1.54, 1.807) is 18.2 Å². The summed E-state index contributed by atoms with van der Waals surface area (Å²) in [5.41, 5.74) is 3.28. The fourth-order valence-electron chi connectivity index (χ4n) is 4.23. The van der Waals surface area contributed by atoms with Gasteiger partial charge in [-0.1, -0.05) is 35.9 Å². The van der Waals surface area contributed by atoms with E-state index in [1.807, 2.05) is 43.3 Å². The molecule has 158 valence electrons. The number of hydrogen-bond donors (Lipinski definition) is 0. The monoisotopic (exact) mass is 426 g/mol. The minimum Gasteiger partial charge on any atom is -0.465 e.